The quantitative estimate of drug-likeness (QED) is 0.776. The number of rotatable bonds is 3. The lowest BCUT2D eigenvalue weighted by Crippen LogP contribution is -3.19. The number of amides is 3. The van der Waals surface area contributed by atoms with Crippen molar-refractivity contribution in [2.75, 3.05) is 49.5 Å². The van der Waals surface area contributed by atoms with E-state index >= 15 is 0 Å². The first kappa shape index (κ1) is 18.2. The van der Waals surface area contributed by atoms with Gasteiger partial charge in [-0.2, -0.15) is 0 Å². The first-order chi connectivity index (χ1) is 12.5. The van der Waals surface area contributed by atoms with Crippen LogP contribution in [-0.4, -0.2) is 68.2 Å². The average molecular weight is 361 g/mol. The Kier molecular flexibility index (Phi) is 5.41. The van der Waals surface area contributed by atoms with Crippen LogP contribution >= 0.6 is 0 Å². The molecule has 0 saturated carbocycles. The second-order valence-corrected chi connectivity index (χ2v) is 6.56. The summed E-state index contributed by atoms with van der Waals surface area (Å²) >= 11 is 0. The number of hydrogen-bond donors (Lipinski definition) is 2. The summed E-state index contributed by atoms with van der Waals surface area (Å²) in [4.78, 5) is 41.1. The molecule has 3 amide bonds. The third kappa shape index (κ3) is 3.65. The van der Waals surface area contributed by atoms with Crippen LogP contribution < -0.4 is 15.1 Å². The molecular weight excluding hydrogens is 336 g/mol. The maximum atomic E-state index is 13.0. The Labute approximate surface area is 152 Å². The van der Waals surface area contributed by atoms with Crippen LogP contribution in [0.15, 0.2) is 24.3 Å². The van der Waals surface area contributed by atoms with Gasteiger partial charge in [0, 0.05) is 0 Å². The number of ether oxygens (including phenoxy) is 1. The van der Waals surface area contributed by atoms with Crippen molar-refractivity contribution in [3.63, 3.8) is 0 Å². The Hall–Kier alpha value is -2.61. The van der Waals surface area contributed by atoms with Gasteiger partial charge in [0.05, 0.1) is 44.2 Å². The van der Waals surface area contributed by atoms with E-state index in [0.29, 0.717) is 38.5 Å². The highest BCUT2D eigenvalue weighted by molar-refractivity contribution is 6.10. The summed E-state index contributed by atoms with van der Waals surface area (Å²) in [5.41, 5.74) is 1.39. The molecule has 0 aliphatic carbocycles. The molecule has 1 aromatic carbocycles. The fourth-order valence-corrected chi connectivity index (χ4v) is 3.46. The molecule has 2 aliphatic rings. The van der Waals surface area contributed by atoms with E-state index < -0.39 is 0 Å². The SMILES string of the molecule is CCOC(=O)N1CC[NH+]([C@@H](C)C(=O)N2CC(=O)Nc3ccccc32)CC1. The van der Waals surface area contributed by atoms with E-state index in [4.69, 9.17) is 4.74 Å². The number of quaternary nitrogens is 1. The molecule has 0 aromatic heterocycles. The number of carbonyl (C=O) groups excluding carboxylic acids is 3. The first-order valence-electron chi connectivity index (χ1n) is 8.97. The molecule has 0 bridgehead atoms. The molecule has 1 saturated heterocycles. The lowest BCUT2D eigenvalue weighted by molar-refractivity contribution is -0.917. The number of carbonyl (C=O) groups is 3. The zero-order valence-corrected chi connectivity index (χ0v) is 15.2. The summed E-state index contributed by atoms with van der Waals surface area (Å²) in [6.07, 6.45) is -0.299. The lowest BCUT2D eigenvalue weighted by Gasteiger charge is -2.37. The van der Waals surface area contributed by atoms with Gasteiger partial charge in [-0.05, 0) is 26.0 Å². The molecule has 3 rings (SSSR count). The van der Waals surface area contributed by atoms with Gasteiger partial charge in [-0.25, -0.2) is 4.79 Å². The van der Waals surface area contributed by atoms with Gasteiger partial charge in [0.25, 0.3) is 5.91 Å². The Morgan fingerprint density at radius 1 is 1.27 bits per heavy atom. The minimum absolute atomic E-state index is 0.0302. The molecular formula is C18H25N4O4+. The van der Waals surface area contributed by atoms with Crippen LogP contribution in [-0.2, 0) is 14.3 Å². The molecule has 8 nitrogen and oxygen atoms in total. The van der Waals surface area contributed by atoms with Crippen LogP contribution in [0.1, 0.15) is 13.8 Å². The number of nitrogens with zero attached hydrogens (tertiary/aromatic N) is 2. The highest BCUT2D eigenvalue weighted by atomic mass is 16.6. The molecule has 0 radical (unpaired) electrons. The zero-order chi connectivity index (χ0) is 18.7. The third-order valence-corrected chi connectivity index (χ3v) is 4.95. The van der Waals surface area contributed by atoms with Crippen molar-refractivity contribution < 1.29 is 24.0 Å². The number of piperazine rings is 1. The summed E-state index contributed by atoms with van der Waals surface area (Å²) in [6, 6.07) is 7.02. The molecule has 8 heteroatoms. The Balaban J connectivity index is 1.66. The standard InChI is InChI=1S/C18H24N4O4/c1-3-26-18(25)21-10-8-20(9-11-21)13(2)17(24)22-12-16(23)19-14-6-4-5-7-15(14)22/h4-7,13H,3,8-12H2,1-2H3,(H,19,23)/p+1/t13-/m0/s1. The molecule has 140 valence electrons. The third-order valence-electron chi connectivity index (χ3n) is 4.95. The Bertz CT molecular complexity index is 700. The van der Waals surface area contributed by atoms with E-state index in [9.17, 15) is 14.4 Å². The number of hydrogen-bond acceptors (Lipinski definition) is 4. The van der Waals surface area contributed by atoms with Crippen molar-refractivity contribution >= 4 is 29.3 Å². The second-order valence-electron chi connectivity index (χ2n) is 6.56. The van der Waals surface area contributed by atoms with Crippen LogP contribution in [0.4, 0.5) is 16.2 Å². The summed E-state index contributed by atoms with van der Waals surface area (Å²) < 4.78 is 5.03. The lowest BCUT2D eigenvalue weighted by atomic mass is 10.1. The summed E-state index contributed by atoms with van der Waals surface area (Å²) in [7, 11) is 0. The van der Waals surface area contributed by atoms with Gasteiger partial charge in [-0.1, -0.05) is 12.1 Å². The number of nitrogens with one attached hydrogen (secondary N) is 2. The molecule has 1 aromatic rings. The highest BCUT2D eigenvalue weighted by Gasteiger charge is 2.36. The van der Waals surface area contributed by atoms with E-state index in [1.54, 1.807) is 22.8 Å². The van der Waals surface area contributed by atoms with Gasteiger partial charge in [-0.15, -0.1) is 0 Å². The Morgan fingerprint density at radius 3 is 2.65 bits per heavy atom. The van der Waals surface area contributed by atoms with E-state index in [1.165, 1.54) is 0 Å². The van der Waals surface area contributed by atoms with Crippen LogP contribution in [0.25, 0.3) is 0 Å². The van der Waals surface area contributed by atoms with Crippen LogP contribution in [0, 0.1) is 0 Å². The van der Waals surface area contributed by atoms with Crippen LogP contribution in [0.3, 0.4) is 0 Å². The van der Waals surface area contributed by atoms with E-state index in [1.807, 2.05) is 25.1 Å². The topological polar surface area (TPSA) is 83.4 Å². The van der Waals surface area contributed by atoms with Gasteiger partial charge >= 0.3 is 6.09 Å². The fraction of sp³-hybridized carbons (Fsp3) is 0.500. The molecule has 1 fully saturated rings. The maximum Gasteiger partial charge on any atom is 0.410 e. The molecule has 0 unspecified atom stereocenters. The van der Waals surface area contributed by atoms with Crippen LogP contribution in [0.5, 0.6) is 0 Å². The smallest absolute Gasteiger partial charge is 0.410 e. The van der Waals surface area contributed by atoms with Crippen molar-refractivity contribution in [1.82, 2.24) is 4.90 Å². The number of anilines is 2. The van der Waals surface area contributed by atoms with Crippen molar-refractivity contribution in [2.24, 2.45) is 0 Å². The first-order valence-corrected chi connectivity index (χ1v) is 8.97. The predicted molar refractivity (Wildman–Crippen MR) is 96.2 cm³/mol. The summed E-state index contributed by atoms with van der Waals surface area (Å²) in [5.74, 6) is -0.265. The van der Waals surface area contributed by atoms with Crippen LogP contribution in [0.2, 0.25) is 0 Å². The van der Waals surface area contributed by atoms with Crippen molar-refractivity contribution in [2.45, 2.75) is 19.9 Å². The molecule has 0 spiro atoms. The molecule has 26 heavy (non-hydrogen) atoms. The number of benzene rings is 1. The predicted octanol–water partition coefficient (Wildman–Crippen LogP) is -0.283. The van der Waals surface area contributed by atoms with Gasteiger partial charge in [0.15, 0.2) is 6.04 Å². The minimum Gasteiger partial charge on any atom is -0.450 e. The summed E-state index contributed by atoms with van der Waals surface area (Å²) in [6.45, 7) is 6.52. The van der Waals surface area contributed by atoms with Crippen molar-refractivity contribution in [3.8, 4) is 0 Å². The maximum absolute atomic E-state index is 13.0. The van der Waals surface area contributed by atoms with Gasteiger partial charge in [0.1, 0.15) is 6.54 Å². The minimum atomic E-state index is -0.299. The van der Waals surface area contributed by atoms with Crippen molar-refractivity contribution in [3.05, 3.63) is 24.3 Å². The van der Waals surface area contributed by atoms with E-state index in [2.05, 4.69) is 5.32 Å². The molecule has 2 aliphatic heterocycles. The molecule has 2 heterocycles. The summed E-state index contributed by atoms with van der Waals surface area (Å²) in [5, 5.41) is 2.80. The number of fused-ring (bicyclic) bond motifs is 1. The van der Waals surface area contributed by atoms with Gasteiger partial charge in [-0.3, -0.25) is 19.4 Å². The zero-order valence-electron chi connectivity index (χ0n) is 15.2. The normalized spacial score (nSPS) is 18.8. The fourth-order valence-electron chi connectivity index (χ4n) is 3.46. The monoisotopic (exact) mass is 361 g/mol. The highest BCUT2D eigenvalue weighted by Crippen LogP contribution is 2.29. The largest absolute Gasteiger partial charge is 0.450 e. The number of para-hydroxylation sites is 2. The average Bonchev–Trinajstić information content (AvgIpc) is 2.66. The Morgan fingerprint density at radius 2 is 1.96 bits per heavy atom. The second kappa shape index (κ2) is 7.74. The van der Waals surface area contributed by atoms with Crippen molar-refractivity contribution in [1.29, 1.82) is 0 Å². The molecule has 2 N–H and O–H groups in total. The van der Waals surface area contributed by atoms with E-state index in [0.717, 1.165) is 10.6 Å². The van der Waals surface area contributed by atoms with E-state index in [-0.39, 0.29) is 30.5 Å². The van der Waals surface area contributed by atoms with Gasteiger partial charge < -0.3 is 15.0 Å². The molecule has 1 atom stereocenters. The van der Waals surface area contributed by atoms with Gasteiger partial charge in [0.2, 0.25) is 5.91 Å².